The number of benzene rings is 2. The number of ether oxygens (including phenoxy) is 2. The molecule has 3 fully saturated rings. The Hall–Kier alpha value is -3.12. The van der Waals surface area contributed by atoms with Gasteiger partial charge in [-0.1, -0.05) is 25.1 Å². The lowest BCUT2D eigenvalue weighted by molar-refractivity contribution is -0.231. The van der Waals surface area contributed by atoms with Crippen molar-refractivity contribution in [3.05, 3.63) is 71.6 Å². The van der Waals surface area contributed by atoms with Crippen molar-refractivity contribution in [3.8, 4) is 5.75 Å². The van der Waals surface area contributed by atoms with E-state index in [1.54, 1.807) is 12.1 Å². The Kier molecular flexibility index (Phi) is 6.46. The van der Waals surface area contributed by atoms with Gasteiger partial charge in [-0.25, -0.2) is 13.5 Å². The van der Waals surface area contributed by atoms with Crippen LogP contribution in [0.15, 0.2) is 48.8 Å². The molecule has 3 aliphatic carbocycles. The lowest BCUT2D eigenvalue weighted by Gasteiger charge is -2.75. The summed E-state index contributed by atoms with van der Waals surface area (Å²) in [5.41, 5.74) is -1.11. The second-order valence-corrected chi connectivity index (χ2v) is 10.6. The molecule has 3 aromatic rings. The number of rotatable bonds is 10. The Morgan fingerprint density at radius 3 is 2.32 bits per heavy atom. The third kappa shape index (κ3) is 4.43. The SMILES string of the molecule is COC(COc1ccc(C23CC(C(C)[C@](O)(Cn4cnnn4)c4ccc(F)cc4F)(C2)C3)cc1)C(F)(F)F. The molecule has 1 aromatic heterocycles. The number of hydrogen-bond donors (Lipinski definition) is 1. The molecule has 3 aliphatic rings. The van der Waals surface area contributed by atoms with Crippen molar-refractivity contribution >= 4 is 0 Å². The van der Waals surface area contributed by atoms with Gasteiger partial charge in [0.15, 0.2) is 6.10 Å². The highest BCUT2D eigenvalue weighted by Gasteiger charge is 2.72. The normalized spacial score (nSPS) is 25.6. The minimum absolute atomic E-state index is 0.0182. The van der Waals surface area contributed by atoms with Gasteiger partial charge in [0.1, 0.15) is 35.9 Å². The van der Waals surface area contributed by atoms with E-state index in [0.29, 0.717) is 5.75 Å². The van der Waals surface area contributed by atoms with E-state index in [4.69, 9.17) is 4.74 Å². The van der Waals surface area contributed by atoms with Crippen LogP contribution in [0.3, 0.4) is 0 Å². The van der Waals surface area contributed by atoms with Crippen molar-refractivity contribution in [2.24, 2.45) is 11.3 Å². The average molecular weight is 539 g/mol. The highest BCUT2D eigenvalue weighted by atomic mass is 19.4. The van der Waals surface area contributed by atoms with Crippen molar-refractivity contribution in [1.82, 2.24) is 20.2 Å². The van der Waals surface area contributed by atoms with Gasteiger partial charge in [-0.2, -0.15) is 13.2 Å². The molecule has 2 unspecified atom stereocenters. The molecule has 0 saturated heterocycles. The number of halogens is 5. The lowest BCUT2D eigenvalue weighted by Crippen LogP contribution is -2.70. The highest BCUT2D eigenvalue weighted by Crippen LogP contribution is 2.78. The van der Waals surface area contributed by atoms with Crippen LogP contribution in [0.25, 0.3) is 0 Å². The van der Waals surface area contributed by atoms with Gasteiger partial charge in [0.25, 0.3) is 0 Å². The monoisotopic (exact) mass is 538 g/mol. The molecule has 0 aliphatic heterocycles. The first-order valence-corrected chi connectivity index (χ1v) is 12.1. The van der Waals surface area contributed by atoms with Gasteiger partial charge >= 0.3 is 6.18 Å². The maximum absolute atomic E-state index is 14.9. The fourth-order valence-electron chi connectivity index (χ4n) is 6.31. The van der Waals surface area contributed by atoms with Crippen LogP contribution in [0, 0.1) is 23.0 Å². The van der Waals surface area contributed by atoms with Crippen molar-refractivity contribution < 1.29 is 36.5 Å². The van der Waals surface area contributed by atoms with E-state index in [0.717, 1.165) is 44.1 Å². The Morgan fingerprint density at radius 1 is 1.08 bits per heavy atom. The molecule has 3 saturated carbocycles. The molecule has 2 aromatic carbocycles. The van der Waals surface area contributed by atoms with Crippen molar-refractivity contribution in [3.63, 3.8) is 0 Å². The molecular formula is C26H27F5N4O3. The molecule has 2 bridgehead atoms. The van der Waals surface area contributed by atoms with Gasteiger partial charge in [0, 0.05) is 18.7 Å². The molecular weight excluding hydrogens is 511 g/mol. The maximum Gasteiger partial charge on any atom is 0.417 e. The highest BCUT2D eigenvalue weighted by molar-refractivity contribution is 5.43. The van der Waals surface area contributed by atoms with Crippen LogP contribution in [0.2, 0.25) is 0 Å². The molecule has 1 N–H and O–H groups in total. The number of tetrazole rings is 1. The zero-order valence-corrected chi connectivity index (χ0v) is 20.8. The van der Waals surface area contributed by atoms with Crippen molar-refractivity contribution in [2.45, 2.75) is 56.0 Å². The van der Waals surface area contributed by atoms with Gasteiger partial charge in [-0.3, -0.25) is 0 Å². The van der Waals surface area contributed by atoms with Crippen LogP contribution >= 0.6 is 0 Å². The standard InChI is InChI=1S/C26H27F5N4O3/c1-16(25(36,14-35-15-32-33-34-35)20-8-5-18(27)9-21(20)28)23-11-24(12-23,13-23)17-3-6-19(7-4-17)38-10-22(37-2)26(29,30)31/h3-9,15-16,22,36H,10-14H2,1-2H3/t16?,22?,23?,24?,25-/m1/s1. The van der Waals surface area contributed by atoms with Crippen molar-refractivity contribution in [1.29, 1.82) is 0 Å². The quantitative estimate of drug-likeness (QED) is 0.382. The number of aromatic nitrogens is 4. The predicted octanol–water partition coefficient (Wildman–Crippen LogP) is 4.55. The Labute approximate surface area is 215 Å². The summed E-state index contributed by atoms with van der Waals surface area (Å²) in [6.07, 6.45) is -2.99. The van der Waals surface area contributed by atoms with Gasteiger partial charge in [-0.05, 0) is 70.2 Å². The number of methoxy groups -OCH3 is 1. The molecule has 7 nitrogen and oxygen atoms in total. The van der Waals surface area contributed by atoms with E-state index in [-0.39, 0.29) is 22.9 Å². The molecule has 0 amide bonds. The largest absolute Gasteiger partial charge is 0.491 e. The van der Waals surface area contributed by atoms with Gasteiger partial charge in [0.05, 0.1) is 6.54 Å². The van der Waals surface area contributed by atoms with Crippen molar-refractivity contribution in [2.75, 3.05) is 13.7 Å². The first kappa shape index (κ1) is 26.5. The number of alkyl halides is 3. The predicted molar refractivity (Wildman–Crippen MR) is 124 cm³/mol. The third-order valence-electron chi connectivity index (χ3n) is 8.42. The summed E-state index contributed by atoms with van der Waals surface area (Å²) in [6, 6.07) is 10.1. The van der Waals surface area contributed by atoms with E-state index in [9.17, 15) is 27.1 Å². The van der Waals surface area contributed by atoms with Crippen LogP contribution in [0.4, 0.5) is 22.0 Å². The number of nitrogens with zero attached hydrogens (tertiary/aromatic N) is 4. The van der Waals surface area contributed by atoms with Crippen LogP contribution in [0.1, 0.15) is 37.3 Å². The zero-order valence-electron chi connectivity index (χ0n) is 20.8. The summed E-state index contributed by atoms with van der Waals surface area (Å²) < 4.78 is 78.2. The third-order valence-corrected chi connectivity index (χ3v) is 8.42. The maximum atomic E-state index is 14.9. The fraction of sp³-hybridized carbons (Fsp3) is 0.500. The molecule has 3 atom stereocenters. The number of aliphatic hydroxyl groups is 1. The van der Waals surface area contributed by atoms with E-state index >= 15 is 0 Å². The zero-order chi connectivity index (χ0) is 27.3. The molecule has 0 spiro atoms. The van der Waals surface area contributed by atoms with Crippen LogP contribution in [-0.2, 0) is 22.3 Å². The van der Waals surface area contributed by atoms with Crippen LogP contribution in [0.5, 0.6) is 5.75 Å². The summed E-state index contributed by atoms with van der Waals surface area (Å²) in [4.78, 5) is 0. The summed E-state index contributed by atoms with van der Waals surface area (Å²) >= 11 is 0. The molecule has 0 radical (unpaired) electrons. The topological polar surface area (TPSA) is 82.3 Å². The summed E-state index contributed by atoms with van der Waals surface area (Å²) in [5.74, 6) is -1.70. The number of hydrogen-bond acceptors (Lipinski definition) is 6. The van der Waals surface area contributed by atoms with Crippen LogP contribution < -0.4 is 4.74 Å². The van der Waals surface area contributed by atoms with Gasteiger partial charge in [-0.15, -0.1) is 5.10 Å². The molecule has 12 heteroatoms. The Bertz CT molecular complexity index is 1270. The van der Waals surface area contributed by atoms with Gasteiger partial charge in [0.2, 0.25) is 0 Å². The van der Waals surface area contributed by atoms with E-state index < -0.39 is 42.0 Å². The fourth-order valence-corrected chi connectivity index (χ4v) is 6.31. The second-order valence-electron chi connectivity index (χ2n) is 10.6. The minimum atomic E-state index is -4.52. The molecule has 204 valence electrons. The first-order valence-electron chi connectivity index (χ1n) is 12.1. The Morgan fingerprint density at radius 2 is 1.76 bits per heavy atom. The first-order chi connectivity index (χ1) is 17.9. The Balaban J connectivity index is 1.30. The van der Waals surface area contributed by atoms with E-state index in [1.165, 1.54) is 17.1 Å². The second kappa shape index (κ2) is 9.26. The summed E-state index contributed by atoms with van der Waals surface area (Å²) in [7, 11) is 0.985. The summed E-state index contributed by atoms with van der Waals surface area (Å²) in [5, 5.41) is 22.9. The molecule has 1 heterocycles. The lowest BCUT2D eigenvalue weighted by atomic mass is 9.29. The van der Waals surface area contributed by atoms with E-state index in [1.807, 2.05) is 19.1 Å². The smallest absolute Gasteiger partial charge is 0.417 e. The van der Waals surface area contributed by atoms with E-state index in [2.05, 4.69) is 20.3 Å². The van der Waals surface area contributed by atoms with Crippen LogP contribution in [-0.4, -0.2) is 51.3 Å². The molecule has 38 heavy (non-hydrogen) atoms. The minimum Gasteiger partial charge on any atom is -0.491 e. The van der Waals surface area contributed by atoms with Gasteiger partial charge < -0.3 is 14.6 Å². The average Bonchev–Trinajstić information content (AvgIpc) is 3.30. The molecule has 6 rings (SSSR count). The summed E-state index contributed by atoms with van der Waals surface area (Å²) in [6.45, 7) is 1.11.